The van der Waals surface area contributed by atoms with Crippen LogP contribution in [0.25, 0.3) is 0 Å². The molecule has 0 amide bonds. The summed E-state index contributed by atoms with van der Waals surface area (Å²) in [4.78, 5) is 30.5. The van der Waals surface area contributed by atoms with Crippen molar-refractivity contribution < 1.29 is 0 Å². The Morgan fingerprint density at radius 1 is 1.40 bits per heavy atom. The second-order valence-electron chi connectivity index (χ2n) is 4.40. The topological polar surface area (TPSA) is 106 Å². The van der Waals surface area contributed by atoms with Gasteiger partial charge in [0.2, 0.25) is 0 Å². The Kier molecular flexibility index (Phi) is 4.44. The highest BCUT2D eigenvalue weighted by Crippen LogP contribution is 2.16. The maximum absolute atomic E-state index is 12.0. The maximum atomic E-state index is 12.0. The molecule has 0 bridgehead atoms. The van der Waals surface area contributed by atoms with E-state index in [0.717, 1.165) is 5.56 Å². The monoisotopic (exact) mass is 275 g/mol. The smallest absolute Gasteiger partial charge is 0.309 e. The van der Waals surface area contributed by atoms with Gasteiger partial charge in [-0.3, -0.25) is 20.2 Å². The zero-order valence-electron chi connectivity index (χ0n) is 11.2. The number of nitrogens with two attached hydrogens (primary N) is 1. The van der Waals surface area contributed by atoms with Gasteiger partial charge >= 0.3 is 5.69 Å². The van der Waals surface area contributed by atoms with Crippen LogP contribution >= 0.6 is 0 Å². The van der Waals surface area contributed by atoms with Crippen LogP contribution in [0.4, 0.5) is 0 Å². The summed E-state index contributed by atoms with van der Waals surface area (Å²) < 4.78 is 1.17. The van der Waals surface area contributed by atoms with Gasteiger partial charge in [-0.1, -0.05) is 6.92 Å². The van der Waals surface area contributed by atoms with E-state index in [4.69, 9.17) is 5.84 Å². The Labute approximate surface area is 115 Å². The van der Waals surface area contributed by atoms with E-state index in [1.807, 2.05) is 6.92 Å². The number of aromatic nitrogens is 3. The van der Waals surface area contributed by atoms with Crippen molar-refractivity contribution >= 4 is 0 Å². The summed E-state index contributed by atoms with van der Waals surface area (Å²) in [6, 6.07) is 4.46. The Balaban J connectivity index is 2.47. The summed E-state index contributed by atoms with van der Waals surface area (Å²) in [5, 5.41) is 0. The molecule has 2 rings (SSSR count). The highest BCUT2D eigenvalue weighted by molar-refractivity contribution is 5.24. The van der Waals surface area contributed by atoms with E-state index >= 15 is 0 Å². The molecule has 0 radical (unpaired) electrons. The van der Waals surface area contributed by atoms with Crippen LogP contribution in [0.5, 0.6) is 0 Å². The fourth-order valence-corrected chi connectivity index (χ4v) is 2.05. The molecule has 2 aromatic rings. The molecule has 1 unspecified atom stereocenters. The Morgan fingerprint density at radius 3 is 2.65 bits per heavy atom. The van der Waals surface area contributed by atoms with Gasteiger partial charge in [0.1, 0.15) is 0 Å². The standard InChI is InChI=1S/C13H17N5O2/c1-2-7-18-11(19)8-10(16-13(18)20)12(17-14)9-3-5-15-6-4-9/h3-6,8,12,17H,2,7,14H2,1H3,(H,16,20). The highest BCUT2D eigenvalue weighted by atomic mass is 16.2. The lowest BCUT2D eigenvalue weighted by atomic mass is 10.1. The van der Waals surface area contributed by atoms with Gasteiger partial charge in [-0.15, -0.1) is 0 Å². The Hall–Kier alpha value is -2.25. The number of hydrogen-bond acceptors (Lipinski definition) is 5. The molecule has 0 aliphatic carbocycles. The van der Waals surface area contributed by atoms with E-state index in [2.05, 4.69) is 15.4 Å². The second kappa shape index (κ2) is 6.27. The van der Waals surface area contributed by atoms with Crippen LogP contribution in [0, 0.1) is 0 Å². The molecule has 0 saturated heterocycles. The van der Waals surface area contributed by atoms with Gasteiger partial charge < -0.3 is 4.98 Å². The molecule has 7 nitrogen and oxygen atoms in total. The molecule has 0 saturated carbocycles. The summed E-state index contributed by atoms with van der Waals surface area (Å²) in [5.74, 6) is 5.53. The number of aromatic amines is 1. The third kappa shape index (κ3) is 2.84. The van der Waals surface area contributed by atoms with E-state index < -0.39 is 11.7 Å². The minimum Gasteiger partial charge on any atom is -0.309 e. The van der Waals surface area contributed by atoms with Crippen LogP contribution in [-0.4, -0.2) is 14.5 Å². The van der Waals surface area contributed by atoms with Crippen LogP contribution in [0.15, 0.2) is 40.2 Å². The van der Waals surface area contributed by atoms with Crippen molar-refractivity contribution in [2.24, 2.45) is 5.84 Å². The summed E-state index contributed by atoms with van der Waals surface area (Å²) in [5.41, 5.74) is 3.08. The molecule has 1 atom stereocenters. The molecular weight excluding hydrogens is 258 g/mol. The summed E-state index contributed by atoms with van der Waals surface area (Å²) >= 11 is 0. The third-order valence-corrected chi connectivity index (χ3v) is 3.01. The minimum absolute atomic E-state index is 0.333. The van der Waals surface area contributed by atoms with Gasteiger partial charge in [-0.25, -0.2) is 10.2 Å². The number of H-pyrrole nitrogens is 1. The highest BCUT2D eigenvalue weighted by Gasteiger charge is 2.15. The molecule has 7 heteroatoms. The lowest BCUT2D eigenvalue weighted by molar-refractivity contribution is 0.576. The van der Waals surface area contributed by atoms with Crippen molar-refractivity contribution in [2.45, 2.75) is 25.9 Å². The van der Waals surface area contributed by atoms with Crippen LogP contribution in [0.2, 0.25) is 0 Å². The first-order valence-corrected chi connectivity index (χ1v) is 6.37. The molecule has 0 aliphatic rings. The average Bonchev–Trinajstić information content (AvgIpc) is 2.45. The SMILES string of the molecule is CCCn1c(=O)cc(C(NN)c2ccncc2)[nH]c1=O. The molecular formula is C13H17N5O2. The normalized spacial score (nSPS) is 12.3. The van der Waals surface area contributed by atoms with E-state index in [1.54, 1.807) is 24.5 Å². The predicted molar refractivity (Wildman–Crippen MR) is 75.0 cm³/mol. The average molecular weight is 275 g/mol. The van der Waals surface area contributed by atoms with Gasteiger partial charge in [0.25, 0.3) is 5.56 Å². The van der Waals surface area contributed by atoms with Crippen LogP contribution < -0.4 is 22.5 Å². The van der Waals surface area contributed by atoms with Gasteiger partial charge in [0, 0.05) is 30.7 Å². The first kappa shape index (κ1) is 14.2. The molecule has 0 fully saturated rings. The molecule has 2 aromatic heterocycles. The number of hydrazine groups is 1. The summed E-state index contributed by atoms with van der Waals surface area (Å²) in [6.45, 7) is 2.30. The molecule has 2 heterocycles. The van der Waals surface area contributed by atoms with Gasteiger partial charge in [0.05, 0.1) is 6.04 Å². The van der Waals surface area contributed by atoms with Crippen molar-refractivity contribution in [3.63, 3.8) is 0 Å². The molecule has 0 aromatic carbocycles. The van der Waals surface area contributed by atoms with Crippen molar-refractivity contribution in [3.8, 4) is 0 Å². The number of hydrogen-bond donors (Lipinski definition) is 3. The zero-order chi connectivity index (χ0) is 14.5. The van der Waals surface area contributed by atoms with Crippen LogP contribution in [-0.2, 0) is 6.54 Å². The van der Waals surface area contributed by atoms with Gasteiger partial charge in [-0.2, -0.15) is 0 Å². The number of pyridine rings is 1. The van der Waals surface area contributed by atoms with E-state index in [-0.39, 0.29) is 5.56 Å². The molecule has 4 N–H and O–H groups in total. The predicted octanol–water partition coefficient (Wildman–Crippen LogP) is -0.106. The second-order valence-corrected chi connectivity index (χ2v) is 4.40. The maximum Gasteiger partial charge on any atom is 0.328 e. The van der Waals surface area contributed by atoms with Crippen LogP contribution in [0.3, 0.4) is 0 Å². The quantitative estimate of drug-likeness (QED) is 0.521. The largest absolute Gasteiger partial charge is 0.328 e. The first-order valence-electron chi connectivity index (χ1n) is 6.37. The van der Waals surface area contributed by atoms with Crippen LogP contribution in [0.1, 0.15) is 30.6 Å². The molecule has 20 heavy (non-hydrogen) atoms. The Morgan fingerprint density at radius 2 is 2.10 bits per heavy atom. The molecule has 0 spiro atoms. The molecule has 106 valence electrons. The zero-order valence-corrected chi connectivity index (χ0v) is 11.2. The van der Waals surface area contributed by atoms with Crippen molar-refractivity contribution in [2.75, 3.05) is 0 Å². The van der Waals surface area contributed by atoms with Crippen molar-refractivity contribution in [3.05, 3.63) is 62.7 Å². The lowest BCUT2D eigenvalue weighted by Gasteiger charge is -2.16. The minimum atomic E-state index is -0.463. The fourth-order valence-electron chi connectivity index (χ4n) is 2.05. The van der Waals surface area contributed by atoms with E-state index in [9.17, 15) is 9.59 Å². The van der Waals surface area contributed by atoms with E-state index in [0.29, 0.717) is 18.7 Å². The van der Waals surface area contributed by atoms with Crippen molar-refractivity contribution in [1.29, 1.82) is 0 Å². The number of rotatable bonds is 5. The number of nitrogens with zero attached hydrogens (tertiary/aromatic N) is 2. The van der Waals surface area contributed by atoms with E-state index in [1.165, 1.54) is 10.6 Å². The molecule has 0 aliphatic heterocycles. The summed E-state index contributed by atoms with van der Waals surface area (Å²) in [7, 11) is 0. The van der Waals surface area contributed by atoms with Gasteiger partial charge in [0.15, 0.2) is 0 Å². The Bertz CT molecular complexity index is 646. The summed E-state index contributed by atoms with van der Waals surface area (Å²) in [6.07, 6.45) is 3.96. The number of nitrogens with one attached hydrogen (secondary N) is 2. The fraction of sp³-hybridized carbons (Fsp3) is 0.308. The van der Waals surface area contributed by atoms with Gasteiger partial charge in [-0.05, 0) is 24.1 Å². The van der Waals surface area contributed by atoms with Crippen molar-refractivity contribution in [1.82, 2.24) is 20.0 Å². The third-order valence-electron chi connectivity index (χ3n) is 3.01. The lowest BCUT2D eigenvalue weighted by Crippen LogP contribution is -2.38. The first-order chi connectivity index (χ1) is 9.67.